The van der Waals surface area contributed by atoms with Crippen molar-refractivity contribution in [2.45, 2.75) is 172 Å². The second-order valence-corrected chi connectivity index (χ2v) is 35.8. The molecular formula is C98H108N14O13. The lowest BCUT2D eigenvalue weighted by Gasteiger charge is -2.28. The van der Waals surface area contributed by atoms with Gasteiger partial charge >= 0.3 is 0 Å². The summed E-state index contributed by atoms with van der Waals surface area (Å²) < 4.78 is 10.4. The molecule has 0 fully saturated rings. The average Bonchev–Trinajstić information content (AvgIpc) is 1.65. The summed E-state index contributed by atoms with van der Waals surface area (Å²) in [6, 6.07) is 39.8. The quantitative estimate of drug-likeness (QED) is 0.0329. The van der Waals surface area contributed by atoms with Crippen LogP contribution in [-0.4, -0.2) is 37.3 Å². The van der Waals surface area contributed by atoms with E-state index in [0.29, 0.717) is 78.0 Å². The third kappa shape index (κ3) is 18.7. The van der Waals surface area contributed by atoms with Crippen molar-refractivity contribution in [1.29, 1.82) is 0 Å². The van der Waals surface area contributed by atoms with E-state index in [-0.39, 0.29) is 57.6 Å². The molecule has 2 aliphatic carbocycles. The smallest absolute Gasteiger partial charge is 0.255 e. The molecular weight excluding hydrogens is 1580 g/mol. The Hall–Kier alpha value is -13.7. The van der Waals surface area contributed by atoms with Crippen molar-refractivity contribution in [3.63, 3.8) is 0 Å². The van der Waals surface area contributed by atoms with E-state index in [4.69, 9.17) is 39.1 Å². The average molecular weight is 1690 g/mol. The van der Waals surface area contributed by atoms with Crippen LogP contribution in [0.4, 0.5) is 51.2 Å². The van der Waals surface area contributed by atoms with E-state index in [9.17, 15) is 57.5 Å². The minimum atomic E-state index is -0.625. The van der Waals surface area contributed by atoms with Crippen LogP contribution in [-0.2, 0) is 57.9 Å². The number of hydrogen-bond donors (Lipinski definition) is 8. The van der Waals surface area contributed by atoms with Crippen LogP contribution >= 0.6 is 0 Å². The molecule has 0 saturated heterocycles. The lowest BCUT2D eigenvalue weighted by molar-refractivity contribution is 0.331. The molecule has 2 unspecified atom stereocenters. The minimum absolute atomic E-state index is 0.00531. The molecule has 27 nitrogen and oxygen atoms in total. The Morgan fingerprint density at radius 3 is 1.31 bits per heavy atom. The largest absolute Gasteiger partial charge is 0.491 e. The number of nitrogens with two attached hydrogens (primary N) is 6. The van der Waals surface area contributed by atoms with Crippen LogP contribution in [0.1, 0.15) is 176 Å². The first-order valence-electron chi connectivity index (χ1n) is 42.7. The van der Waals surface area contributed by atoms with Crippen molar-refractivity contribution in [3.8, 4) is 22.8 Å². The number of aromatic nitrogens is 5. The molecule has 0 spiro atoms. The van der Waals surface area contributed by atoms with Crippen molar-refractivity contribution in [1.82, 2.24) is 24.1 Å². The van der Waals surface area contributed by atoms with Gasteiger partial charge in [-0.05, 0) is 197 Å². The summed E-state index contributed by atoms with van der Waals surface area (Å²) in [6.07, 6.45) is 16.2. The third-order valence-electron chi connectivity index (χ3n) is 23.0. The SMILES string of the molecule is CC(C)Cc1ccc2c(c1)C(Nc1c(N)c(=O)c1=O)CC2.CC(C)Cc1ccc2c(c1)C(Nc1c(N)c(=O)c1=O)CCC2.CC(C)Cc1ccc2c(c1)CN(c1c(N)c(=O)c1=O)CCO2.CC(C)Cc1ccc2ccn(-c3c(N)c(=O)c3=O)c2c1.CC(C)Cc1ccc2cn(-c3c(N)c(=O)c3=O)nc2c1.CC(C)Cc1ccc2cnn(-c3c(N)c(=O)c3=O)c2c1. The van der Waals surface area contributed by atoms with Crippen molar-refractivity contribution >= 4 is 83.9 Å². The number of benzene rings is 6. The fourth-order valence-corrected chi connectivity index (χ4v) is 16.8. The summed E-state index contributed by atoms with van der Waals surface area (Å²) >= 11 is 0. The molecule has 14 N–H and O–H groups in total. The maximum atomic E-state index is 11.7. The fraction of sp³-hybridized carbons (Fsp3) is 0.347. The summed E-state index contributed by atoms with van der Waals surface area (Å²) in [6.45, 7) is 27.7. The Labute approximate surface area is 720 Å². The molecule has 125 heavy (non-hydrogen) atoms. The monoisotopic (exact) mass is 1690 g/mol. The molecule has 0 saturated carbocycles. The van der Waals surface area contributed by atoms with Gasteiger partial charge in [-0.3, -0.25) is 57.5 Å². The summed E-state index contributed by atoms with van der Waals surface area (Å²) in [7, 11) is 0. The Balaban J connectivity index is 0.000000129. The molecule has 3 aromatic heterocycles. The zero-order chi connectivity index (χ0) is 90.2. The van der Waals surface area contributed by atoms with Crippen LogP contribution in [0.2, 0.25) is 0 Å². The maximum Gasteiger partial charge on any atom is 0.255 e. The summed E-state index contributed by atoms with van der Waals surface area (Å²) in [5.41, 5.74) is 45.1. The molecule has 18 rings (SSSR count). The molecule has 648 valence electrons. The van der Waals surface area contributed by atoms with E-state index >= 15 is 0 Å². The number of nitrogens with zero attached hydrogens (tertiary/aromatic N) is 6. The molecule has 4 heterocycles. The molecule has 0 bridgehead atoms. The molecule has 2 atom stereocenters. The number of aryl methyl sites for hydroxylation is 2. The first kappa shape index (κ1) is 89.0. The zero-order valence-corrected chi connectivity index (χ0v) is 72.7. The minimum Gasteiger partial charge on any atom is -0.491 e. The number of fused-ring (bicyclic) bond motifs is 6. The molecule has 12 aromatic carbocycles. The number of nitrogens with one attached hydrogen (secondary N) is 2. The number of anilines is 9. The summed E-state index contributed by atoms with van der Waals surface area (Å²) in [5, 5.41) is 17.8. The Morgan fingerprint density at radius 2 is 0.808 bits per heavy atom. The van der Waals surface area contributed by atoms with Gasteiger partial charge in [0.25, 0.3) is 65.1 Å². The highest BCUT2D eigenvalue weighted by Gasteiger charge is 2.32. The predicted octanol–water partition coefficient (Wildman–Crippen LogP) is 11.0. The lowest BCUT2D eigenvalue weighted by atomic mass is 9.85. The highest BCUT2D eigenvalue weighted by Crippen LogP contribution is 2.38. The normalized spacial score (nSPS) is 14.3. The predicted molar refractivity (Wildman–Crippen MR) is 502 cm³/mol. The van der Waals surface area contributed by atoms with E-state index in [0.717, 1.165) is 115 Å². The van der Waals surface area contributed by atoms with Gasteiger partial charge in [-0.15, -0.1) is 0 Å². The van der Waals surface area contributed by atoms with Crippen LogP contribution in [0.3, 0.4) is 0 Å². The van der Waals surface area contributed by atoms with Gasteiger partial charge in [0.1, 0.15) is 80.6 Å². The lowest BCUT2D eigenvalue weighted by Crippen LogP contribution is -2.43. The van der Waals surface area contributed by atoms with Gasteiger partial charge in [0.2, 0.25) is 0 Å². The van der Waals surface area contributed by atoms with Crippen molar-refractivity contribution < 1.29 is 4.74 Å². The van der Waals surface area contributed by atoms with Crippen molar-refractivity contribution in [2.24, 2.45) is 35.5 Å². The molecule has 27 heteroatoms. The summed E-state index contributed by atoms with van der Waals surface area (Å²) in [5.74, 6) is 4.31. The number of nitrogen functional groups attached to an aromatic ring is 6. The van der Waals surface area contributed by atoms with E-state index < -0.39 is 65.1 Å². The molecule has 0 radical (unpaired) electrons. The van der Waals surface area contributed by atoms with E-state index in [1.165, 1.54) is 65.0 Å². The van der Waals surface area contributed by atoms with Gasteiger partial charge in [0.05, 0.1) is 41.4 Å². The van der Waals surface area contributed by atoms with Crippen LogP contribution < -0.4 is 120 Å². The number of ether oxygens (including phenoxy) is 1. The second-order valence-electron chi connectivity index (χ2n) is 35.8. The van der Waals surface area contributed by atoms with Crippen LogP contribution in [0.15, 0.2) is 191 Å². The van der Waals surface area contributed by atoms with E-state index in [1.807, 2.05) is 47.4 Å². The van der Waals surface area contributed by atoms with E-state index in [1.54, 1.807) is 23.2 Å². The van der Waals surface area contributed by atoms with E-state index in [2.05, 4.69) is 177 Å². The molecule has 15 aromatic rings. The Bertz CT molecular complexity index is 6900. The van der Waals surface area contributed by atoms with Gasteiger partial charge in [-0.1, -0.05) is 168 Å². The van der Waals surface area contributed by atoms with Crippen LogP contribution in [0.5, 0.6) is 5.75 Å². The molecule has 3 aliphatic rings. The standard InChI is InChI=1S/C18H22N2O2.C17H20N2O3.C17H20N2O2.C16H16N2O2.2C15H15N3O2/c1-10(2)8-11-6-7-12-4-3-5-14(13(12)9-11)20-16-15(19)17(21)18(16)22;1-10(2)7-11-3-4-13-12(8-11)9-19(5-6-22-13)15-14(18)16(20)17(15)21;1-9(2)7-10-3-4-11-5-6-13(12(11)8-10)19-15-14(18)16(20)17(15)21;1-9(2)7-10-3-4-11-5-6-18(12(11)8-10)14-13(17)15(19)16(14)20;1-8(2)5-9-3-4-10-7-18(17-11(10)6-9)13-12(16)14(19)15(13)20;1-8(2)5-9-3-4-10-7-17-18(11(10)6-9)13-12(16)14(19)15(13)20/h6-7,9-10,14,20H,3-5,8,19H2,1-2H3;3-4,8,10H,5-7,9,18H2,1-2H3;3-4,8-9,13,19H,5-7,18H2,1-2H3;3-6,8-9H,7,17H2,1-2H3;2*3-4,6-8H,5,16H2,1-2H3. The topological polar surface area (TPSA) is 438 Å². The zero-order valence-electron chi connectivity index (χ0n) is 72.7. The first-order valence-corrected chi connectivity index (χ1v) is 42.7. The Morgan fingerprint density at radius 1 is 0.392 bits per heavy atom. The van der Waals surface area contributed by atoms with Crippen molar-refractivity contribution in [2.75, 3.05) is 63.1 Å². The number of hydrogen-bond acceptors (Lipinski definition) is 24. The van der Waals surface area contributed by atoms with Gasteiger partial charge < -0.3 is 59.2 Å². The Kier molecular flexibility index (Phi) is 26.2. The first-order chi connectivity index (χ1) is 59.3. The van der Waals surface area contributed by atoms with Crippen molar-refractivity contribution in [3.05, 3.63) is 318 Å². The van der Waals surface area contributed by atoms with Crippen LogP contribution in [0, 0.1) is 35.5 Å². The highest BCUT2D eigenvalue weighted by atomic mass is 16.5. The van der Waals surface area contributed by atoms with Gasteiger partial charge in [-0.25, -0.2) is 9.36 Å². The molecule has 1 aliphatic heterocycles. The third-order valence-corrected chi connectivity index (χ3v) is 23.0. The maximum absolute atomic E-state index is 11.7. The molecule has 0 amide bonds. The summed E-state index contributed by atoms with van der Waals surface area (Å²) in [4.78, 5) is 139. The van der Waals surface area contributed by atoms with Gasteiger partial charge in [-0.2, -0.15) is 10.2 Å². The van der Waals surface area contributed by atoms with Gasteiger partial charge in [0.15, 0.2) is 0 Å². The van der Waals surface area contributed by atoms with Crippen LogP contribution in [0.25, 0.3) is 49.8 Å². The highest BCUT2D eigenvalue weighted by molar-refractivity contribution is 5.86. The second kappa shape index (κ2) is 36.8. The van der Waals surface area contributed by atoms with Gasteiger partial charge in [0, 0.05) is 35.3 Å². The number of rotatable bonds is 20. The fourth-order valence-electron chi connectivity index (χ4n) is 16.8.